The summed E-state index contributed by atoms with van der Waals surface area (Å²) in [5, 5.41) is 7.99. The third-order valence-corrected chi connectivity index (χ3v) is 2.61. The third-order valence-electron chi connectivity index (χ3n) is 2.61. The standard InChI is InChI=1S/C12H16N6O/c1-17(2)12(19)9-3-4-11(16-15-9)18-8-7-14-10(18)5-6-13/h3-4,7-8H,5-6,13H2,1-2H3. The topological polar surface area (TPSA) is 89.9 Å². The molecule has 0 fully saturated rings. The van der Waals surface area contributed by atoms with Gasteiger partial charge in [0.2, 0.25) is 0 Å². The molecule has 2 aromatic rings. The van der Waals surface area contributed by atoms with Crippen LogP contribution in [0.4, 0.5) is 0 Å². The summed E-state index contributed by atoms with van der Waals surface area (Å²) in [5.41, 5.74) is 5.84. The maximum absolute atomic E-state index is 11.7. The molecule has 0 aliphatic carbocycles. The minimum Gasteiger partial charge on any atom is -0.343 e. The summed E-state index contributed by atoms with van der Waals surface area (Å²) in [6, 6.07) is 3.39. The number of rotatable bonds is 4. The SMILES string of the molecule is CN(C)C(=O)c1ccc(-n2ccnc2CCN)nn1. The summed E-state index contributed by atoms with van der Waals surface area (Å²) in [7, 11) is 3.35. The molecule has 0 spiro atoms. The fourth-order valence-corrected chi connectivity index (χ4v) is 1.65. The zero-order valence-electron chi connectivity index (χ0n) is 10.9. The van der Waals surface area contributed by atoms with E-state index in [2.05, 4.69) is 15.2 Å². The zero-order valence-corrected chi connectivity index (χ0v) is 10.9. The van der Waals surface area contributed by atoms with Crippen molar-refractivity contribution in [3.05, 3.63) is 36.0 Å². The van der Waals surface area contributed by atoms with Crippen molar-refractivity contribution >= 4 is 5.91 Å². The average molecular weight is 260 g/mol. The molecule has 2 heterocycles. The molecule has 0 saturated carbocycles. The Labute approximate surface area is 111 Å². The first-order valence-electron chi connectivity index (χ1n) is 5.91. The van der Waals surface area contributed by atoms with Gasteiger partial charge in [0, 0.05) is 32.9 Å². The van der Waals surface area contributed by atoms with E-state index in [0.29, 0.717) is 24.5 Å². The molecule has 0 aliphatic rings. The monoisotopic (exact) mass is 260 g/mol. The van der Waals surface area contributed by atoms with Crippen molar-refractivity contribution in [2.24, 2.45) is 5.73 Å². The molecule has 2 aromatic heterocycles. The van der Waals surface area contributed by atoms with Crippen molar-refractivity contribution in [3.63, 3.8) is 0 Å². The van der Waals surface area contributed by atoms with Crippen LogP contribution in [-0.4, -0.2) is 51.2 Å². The van der Waals surface area contributed by atoms with Gasteiger partial charge >= 0.3 is 0 Å². The Kier molecular flexibility index (Phi) is 3.86. The number of nitrogens with two attached hydrogens (primary N) is 1. The predicted octanol–water partition coefficient (Wildman–Crippen LogP) is -0.135. The van der Waals surface area contributed by atoms with Gasteiger partial charge in [-0.25, -0.2) is 4.98 Å². The fourth-order valence-electron chi connectivity index (χ4n) is 1.65. The molecule has 0 aromatic carbocycles. The Morgan fingerprint density at radius 1 is 1.37 bits per heavy atom. The van der Waals surface area contributed by atoms with Gasteiger partial charge in [-0.1, -0.05) is 0 Å². The lowest BCUT2D eigenvalue weighted by molar-refractivity contribution is 0.0821. The molecule has 0 bridgehead atoms. The normalized spacial score (nSPS) is 10.5. The Hall–Kier alpha value is -2.28. The van der Waals surface area contributed by atoms with Crippen molar-refractivity contribution in [1.29, 1.82) is 0 Å². The number of carbonyl (C=O) groups excluding carboxylic acids is 1. The largest absolute Gasteiger partial charge is 0.343 e. The first-order chi connectivity index (χ1) is 9.13. The first kappa shape index (κ1) is 13.2. The summed E-state index contributed by atoms with van der Waals surface area (Å²) in [6.45, 7) is 0.516. The van der Waals surface area contributed by atoms with Crippen molar-refractivity contribution < 1.29 is 4.79 Å². The molecular weight excluding hydrogens is 244 g/mol. The van der Waals surface area contributed by atoms with E-state index in [1.807, 2.05) is 4.57 Å². The van der Waals surface area contributed by atoms with E-state index in [1.165, 1.54) is 4.90 Å². The molecule has 19 heavy (non-hydrogen) atoms. The quantitative estimate of drug-likeness (QED) is 0.826. The van der Waals surface area contributed by atoms with Gasteiger partial charge in [-0.05, 0) is 18.7 Å². The van der Waals surface area contributed by atoms with E-state index in [4.69, 9.17) is 5.73 Å². The number of carbonyl (C=O) groups is 1. The summed E-state index contributed by atoms with van der Waals surface area (Å²) >= 11 is 0. The van der Waals surface area contributed by atoms with Gasteiger partial charge in [0.15, 0.2) is 11.5 Å². The Balaban J connectivity index is 2.27. The average Bonchev–Trinajstić information content (AvgIpc) is 2.87. The van der Waals surface area contributed by atoms with Gasteiger partial charge in [-0.3, -0.25) is 9.36 Å². The smallest absolute Gasteiger partial charge is 0.273 e. The van der Waals surface area contributed by atoms with E-state index in [1.54, 1.807) is 38.6 Å². The number of amides is 1. The second-order valence-electron chi connectivity index (χ2n) is 4.23. The fraction of sp³-hybridized carbons (Fsp3) is 0.333. The van der Waals surface area contributed by atoms with Gasteiger partial charge in [0.1, 0.15) is 5.82 Å². The molecule has 2 N–H and O–H groups in total. The van der Waals surface area contributed by atoms with Crippen LogP contribution in [0.25, 0.3) is 5.82 Å². The molecule has 0 unspecified atom stereocenters. The highest BCUT2D eigenvalue weighted by Crippen LogP contribution is 2.08. The van der Waals surface area contributed by atoms with E-state index in [-0.39, 0.29) is 5.91 Å². The van der Waals surface area contributed by atoms with Gasteiger partial charge in [-0.15, -0.1) is 10.2 Å². The minimum atomic E-state index is -0.174. The molecule has 0 aliphatic heterocycles. The number of nitrogens with zero attached hydrogens (tertiary/aromatic N) is 5. The highest BCUT2D eigenvalue weighted by Gasteiger charge is 2.11. The third kappa shape index (κ3) is 2.76. The van der Waals surface area contributed by atoms with Crippen molar-refractivity contribution in [2.45, 2.75) is 6.42 Å². The van der Waals surface area contributed by atoms with E-state index in [9.17, 15) is 4.79 Å². The van der Waals surface area contributed by atoms with Crippen LogP contribution in [0.2, 0.25) is 0 Å². The second-order valence-corrected chi connectivity index (χ2v) is 4.23. The highest BCUT2D eigenvalue weighted by atomic mass is 16.2. The summed E-state index contributed by atoms with van der Waals surface area (Å²) < 4.78 is 1.81. The van der Waals surface area contributed by atoms with Gasteiger partial charge in [-0.2, -0.15) is 0 Å². The number of imidazole rings is 1. The van der Waals surface area contributed by atoms with Crippen LogP contribution in [0, 0.1) is 0 Å². The van der Waals surface area contributed by atoms with Crippen molar-refractivity contribution in [2.75, 3.05) is 20.6 Å². The summed E-state index contributed by atoms with van der Waals surface area (Å²) in [5.74, 6) is 1.27. The molecule has 0 atom stereocenters. The van der Waals surface area contributed by atoms with E-state index >= 15 is 0 Å². The predicted molar refractivity (Wildman–Crippen MR) is 69.9 cm³/mol. The van der Waals surface area contributed by atoms with Crippen LogP contribution in [0.5, 0.6) is 0 Å². The minimum absolute atomic E-state index is 0.174. The molecule has 2 rings (SSSR count). The van der Waals surface area contributed by atoms with E-state index in [0.717, 1.165) is 5.82 Å². The second kappa shape index (κ2) is 5.57. The molecule has 7 heteroatoms. The van der Waals surface area contributed by atoms with Crippen LogP contribution >= 0.6 is 0 Å². The molecule has 7 nitrogen and oxygen atoms in total. The number of hydrogen-bond donors (Lipinski definition) is 1. The van der Waals surface area contributed by atoms with Crippen LogP contribution in [0.1, 0.15) is 16.3 Å². The number of aromatic nitrogens is 4. The van der Waals surface area contributed by atoms with Crippen molar-refractivity contribution in [1.82, 2.24) is 24.6 Å². The molecule has 100 valence electrons. The zero-order chi connectivity index (χ0) is 13.8. The van der Waals surface area contributed by atoms with Crippen LogP contribution in [0.15, 0.2) is 24.5 Å². The lowest BCUT2D eigenvalue weighted by atomic mass is 10.3. The van der Waals surface area contributed by atoms with Gasteiger partial charge in [0.05, 0.1) is 0 Å². The highest BCUT2D eigenvalue weighted by molar-refractivity contribution is 5.91. The van der Waals surface area contributed by atoms with Crippen LogP contribution in [0.3, 0.4) is 0 Å². The Morgan fingerprint density at radius 3 is 2.74 bits per heavy atom. The summed E-state index contributed by atoms with van der Waals surface area (Å²) in [4.78, 5) is 17.4. The lowest BCUT2D eigenvalue weighted by Gasteiger charge is -2.09. The number of hydrogen-bond acceptors (Lipinski definition) is 5. The maximum Gasteiger partial charge on any atom is 0.273 e. The maximum atomic E-state index is 11.7. The van der Waals surface area contributed by atoms with Gasteiger partial charge < -0.3 is 10.6 Å². The van der Waals surface area contributed by atoms with Crippen molar-refractivity contribution in [3.8, 4) is 5.82 Å². The molecule has 0 radical (unpaired) electrons. The van der Waals surface area contributed by atoms with Crippen LogP contribution in [-0.2, 0) is 6.42 Å². The Morgan fingerprint density at radius 2 is 2.16 bits per heavy atom. The Bertz CT molecular complexity index is 560. The molecular formula is C12H16N6O. The lowest BCUT2D eigenvalue weighted by Crippen LogP contribution is -2.23. The molecule has 1 amide bonds. The molecule has 0 saturated heterocycles. The first-order valence-corrected chi connectivity index (χ1v) is 5.91. The van der Waals surface area contributed by atoms with E-state index < -0.39 is 0 Å². The van der Waals surface area contributed by atoms with Gasteiger partial charge in [0.25, 0.3) is 5.91 Å². The van der Waals surface area contributed by atoms with Crippen LogP contribution < -0.4 is 5.73 Å². The summed E-state index contributed by atoms with van der Waals surface area (Å²) in [6.07, 6.45) is 4.14.